The Morgan fingerprint density at radius 2 is 1.81 bits per heavy atom. The lowest BCUT2D eigenvalue weighted by atomic mass is 9.80. The Morgan fingerprint density at radius 3 is 2.52 bits per heavy atom. The summed E-state index contributed by atoms with van der Waals surface area (Å²) >= 11 is 3.37. The van der Waals surface area contributed by atoms with Crippen LogP contribution in [-0.4, -0.2) is 25.7 Å². The summed E-state index contributed by atoms with van der Waals surface area (Å²) in [5.74, 6) is 2.02. The standard InChI is InChI=1S/C22H33BrN2O2/c1-2-3-15-24-16-5-4-6-18-7-9-19(10-8-18)17-25-22(26)27-21-13-11-20(23)12-14-21/h2,11-14,18-19,24H,1,3-10,15-17H2,(H,25,26). The minimum Gasteiger partial charge on any atom is -0.410 e. The lowest BCUT2D eigenvalue weighted by Crippen LogP contribution is -2.33. The van der Waals surface area contributed by atoms with Gasteiger partial charge in [-0.1, -0.05) is 47.7 Å². The van der Waals surface area contributed by atoms with Crippen LogP contribution in [0.5, 0.6) is 5.75 Å². The highest BCUT2D eigenvalue weighted by atomic mass is 79.9. The normalized spacial score (nSPS) is 19.4. The molecule has 1 aliphatic carbocycles. The van der Waals surface area contributed by atoms with Gasteiger partial charge < -0.3 is 15.4 Å². The number of halogens is 1. The van der Waals surface area contributed by atoms with Crippen LogP contribution in [0, 0.1) is 11.8 Å². The zero-order valence-electron chi connectivity index (χ0n) is 16.2. The van der Waals surface area contributed by atoms with Crippen molar-refractivity contribution in [2.45, 2.75) is 51.4 Å². The predicted molar refractivity (Wildman–Crippen MR) is 115 cm³/mol. The first-order chi connectivity index (χ1) is 13.2. The molecule has 1 saturated carbocycles. The molecule has 1 aliphatic rings. The van der Waals surface area contributed by atoms with Gasteiger partial charge >= 0.3 is 6.09 Å². The maximum absolute atomic E-state index is 11.9. The van der Waals surface area contributed by atoms with E-state index in [-0.39, 0.29) is 6.09 Å². The van der Waals surface area contributed by atoms with E-state index >= 15 is 0 Å². The molecule has 0 heterocycles. The summed E-state index contributed by atoms with van der Waals surface area (Å²) in [4.78, 5) is 11.9. The van der Waals surface area contributed by atoms with Gasteiger partial charge in [0.25, 0.3) is 0 Å². The van der Waals surface area contributed by atoms with Gasteiger partial charge in [-0.25, -0.2) is 4.79 Å². The Hall–Kier alpha value is -1.33. The van der Waals surface area contributed by atoms with E-state index in [9.17, 15) is 4.79 Å². The van der Waals surface area contributed by atoms with Crippen molar-refractivity contribution in [1.29, 1.82) is 0 Å². The van der Waals surface area contributed by atoms with Gasteiger partial charge in [0.2, 0.25) is 0 Å². The third kappa shape index (κ3) is 9.43. The second-order valence-corrected chi connectivity index (χ2v) is 8.35. The number of hydrogen-bond donors (Lipinski definition) is 2. The van der Waals surface area contributed by atoms with Gasteiger partial charge in [0.1, 0.15) is 5.75 Å². The van der Waals surface area contributed by atoms with Crippen molar-refractivity contribution >= 4 is 22.0 Å². The Kier molecular flexibility index (Phi) is 10.5. The fourth-order valence-electron chi connectivity index (χ4n) is 3.61. The minimum absolute atomic E-state index is 0.358. The van der Waals surface area contributed by atoms with Crippen molar-refractivity contribution < 1.29 is 9.53 Å². The van der Waals surface area contributed by atoms with E-state index < -0.39 is 0 Å². The molecule has 1 amide bonds. The van der Waals surface area contributed by atoms with E-state index in [2.05, 4.69) is 33.1 Å². The zero-order chi connectivity index (χ0) is 19.3. The van der Waals surface area contributed by atoms with Gasteiger partial charge in [0.05, 0.1) is 0 Å². The molecule has 1 aromatic carbocycles. The maximum Gasteiger partial charge on any atom is 0.412 e. The molecule has 2 rings (SSSR count). The molecule has 0 atom stereocenters. The Bertz CT molecular complexity index is 554. The summed E-state index contributed by atoms with van der Waals surface area (Å²) in [5.41, 5.74) is 0. The first-order valence-corrected chi connectivity index (χ1v) is 11.0. The van der Waals surface area contributed by atoms with Crippen LogP contribution in [0.2, 0.25) is 0 Å². The Balaban J connectivity index is 1.51. The summed E-state index contributed by atoms with van der Waals surface area (Å²) < 4.78 is 6.27. The van der Waals surface area contributed by atoms with Crippen molar-refractivity contribution in [3.63, 3.8) is 0 Å². The SMILES string of the molecule is C=CCCNCCCCC1CCC(CNC(=O)Oc2ccc(Br)cc2)CC1. The monoisotopic (exact) mass is 436 g/mol. The molecule has 0 spiro atoms. The highest BCUT2D eigenvalue weighted by Gasteiger charge is 2.21. The highest BCUT2D eigenvalue weighted by molar-refractivity contribution is 9.10. The molecule has 150 valence electrons. The fourth-order valence-corrected chi connectivity index (χ4v) is 3.87. The first-order valence-electron chi connectivity index (χ1n) is 10.2. The minimum atomic E-state index is -0.358. The van der Waals surface area contributed by atoms with Crippen LogP contribution in [0.1, 0.15) is 51.4 Å². The van der Waals surface area contributed by atoms with Crippen molar-refractivity contribution in [2.75, 3.05) is 19.6 Å². The van der Waals surface area contributed by atoms with Crippen LogP contribution in [0.25, 0.3) is 0 Å². The van der Waals surface area contributed by atoms with E-state index in [0.717, 1.165) is 36.4 Å². The molecule has 5 heteroatoms. The summed E-state index contributed by atoms with van der Waals surface area (Å²) in [7, 11) is 0. The topological polar surface area (TPSA) is 50.4 Å². The van der Waals surface area contributed by atoms with Gasteiger partial charge in [-0.3, -0.25) is 0 Å². The quantitative estimate of drug-likeness (QED) is 0.346. The molecule has 0 aliphatic heterocycles. The van der Waals surface area contributed by atoms with Crippen LogP contribution in [0.3, 0.4) is 0 Å². The maximum atomic E-state index is 11.9. The van der Waals surface area contributed by atoms with Crippen molar-refractivity contribution in [2.24, 2.45) is 11.8 Å². The third-order valence-electron chi connectivity index (χ3n) is 5.27. The molecule has 0 radical (unpaired) electrons. The molecule has 2 N–H and O–H groups in total. The molecular formula is C22H33BrN2O2. The van der Waals surface area contributed by atoms with E-state index in [1.54, 1.807) is 12.1 Å². The largest absolute Gasteiger partial charge is 0.412 e. The van der Waals surface area contributed by atoms with Gasteiger partial charge in [0, 0.05) is 11.0 Å². The van der Waals surface area contributed by atoms with Crippen LogP contribution in [0.15, 0.2) is 41.4 Å². The molecule has 27 heavy (non-hydrogen) atoms. The van der Waals surface area contributed by atoms with Gasteiger partial charge in [-0.2, -0.15) is 0 Å². The van der Waals surface area contributed by atoms with Crippen LogP contribution in [-0.2, 0) is 0 Å². The number of nitrogens with one attached hydrogen (secondary N) is 2. The number of ether oxygens (including phenoxy) is 1. The summed E-state index contributed by atoms with van der Waals surface area (Å²) in [6.07, 6.45) is 11.6. The fraction of sp³-hybridized carbons (Fsp3) is 0.591. The van der Waals surface area contributed by atoms with Crippen LogP contribution >= 0.6 is 15.9 Å². The summed E-state index contributed by atoms with van der Waals surface area (Å²) in [5, 5.41) is 6.37. The van der Waals surface area contributed by atoms with E-state index in [1.807, 2.05) is 18.2 Å². The second kappa shape index (κ2) is 12.9. The lowest BCUT2D eigenvalue weighted by Gasteiger charge is -2.28. The van der Waals surface area contributed by atoms with Crippen molar-refractivity contribution in [1.82, 2.24) is 10.6 Å². The van der Waals surface area contributed by atoms with Crippen LogP contribution in [0.4, 0.5) is 4.79 Å². The summed E-state index contributed by atoms with van der Waals surface area (Å²) in [6.45, 7) is 6.62. The number of carbonyl (C=O) groups excluding carboxylic acids is 1. The summed E-state index contributed by atoms with van der Waals surface area (Å²) in [6, 6.07) is 7.29. The third-order valence-corrected chi connectivity index (χ3v) is 5.80. The lowest BCUT2D eigenvalue weighted by molar-refractivity contribution is 0.193. The number of hydrogen-bond acceptors (Lipinski definition) is 3. The average Bonchev–Trinajstić information content (AvgIpc) is 2.68. The number of benzene rings is 1. The second-order valence-electron chi connectivity index (χ2n) is 7.43. The Morgan fingerprint density at radius 1 is 1.11 bits per heavy atom. The molecule has 0 aromatic heterocycles. The highest BCUT2D eigenvalue weighted by Crippen LogP contribution is 2.31. The number of unbranched alkanes of at least 4 members (excludes halogenated alkanes) is 1. The Labute approximate surface area is 172 Å². The molecule has 4 nitrogen and oxygen atoms in total. The van der Waals surface area contributed by atoms with Gasteiger partial charge in [-0.15, -0.1) is 6.58 Å². The predicted octanol–water partition coefficient (Wildman–Crippen LogP) is 5.68. The number of rotatable bonds is 11. The molecule has 1 aromatic rings. The van der Waals surface area contributed by atoms with Gasteiger partial charge in [0.15, 0.2) is 0 Å². The van der Waals surface area contributed by atoms with E-state index in [1.165, 1.54) is 44.9 Å². The molecule has 1 fully saturated rings. The zero-order valence-corrected chi connectivity index (χ0v) is 17.8. The first kappa shape index (κ1) is 22.0. The number of amides is 1. The van der Waals surface area contributed by atoms with Gasteiger partial charge in [-0.05, 0) is 74.9 Å². The number of carbonyl (C=O) groups is 1. The van der Waals surface area contributed by atoms with Crippen molar-refractivity contribution in [3.05, 3.63) is 41.4 Å². The van der Waals surface area contributed by atoms with E-state index in [4.69, 9.17) is 4.74 Å². The molecule has 0 saturated heterocycles. The van der Waals surface area contributed by atoms with Crippen LogP contribution < -0.4 is 15.4 Å². The smallest absolute Gasteiger partial charge is 0.410 e. The van der Waals surface area contributed by atoms with E-state index in [0.29, 0.717) is 11.7 Å². The molecule has 0 bridgehead atoms. The molecular weight excluding hydrogens is 404 g/mol. The average molecular weight is 437 g/mol. The van der Waals surface area contributed by atoms with Crippen molar-refractivity contribution in [3.8, 4) is 5.75 Å². The molecule has 0 unspecified atom stereocenters.